The predicted octanol–water partition coefficient (Wildman–Crippen LogP) is 7.22. The van der Waals surface area contributed by atoms with Gasteiger partial charge in [0.25, 0.3) is 0 Å². The van der Waals surface area contributed by atoms with Crippen LogP contribution in [0.5, 0.6) is 0 Å². The highest BCUT2D eigenvalue weighted by molar-refractivity contribution is 14.1. The Hall–Kier alpha value is -0.0700. The van der Waals surface area contributed by atoms with Crippen LogP contribution in [0.4, 0.5) is 0 Å². The monoisotopic (exact) mass is 714 g/mol. The lowest BCUT2D eigenvalue weighted by molar-refractivity contribution is -0.329. The molecule has 6 aliphatic rings. The molecule has 0 amide bonds. The van der Waals surface area contributed by atoms with Gasteiger partial charge in [0.15, 0.2) is 0 Å². The molecule has 0 aromatic heterocycles. The molecule has 5 heterocycles. The molecule has 7 nitrogen and oxygen atoms in total. The molecule has 0 saturated carbocycles. The van der Waals surface area contributed by atoms with Gasteiger partial charge in [0.2, 0.25) is 12.6 Å². The third-order valence-electron chi connectivity index (χ3n) is 10.9. The topological polar surface area (TPSA) is 64.6 Å². The van der Waals surface area contributed by atoms with Crippen molar-refractivity contribution in [1.29, 1.82) is 0 Å². The summed E-state index contributed by atoms with van der Waals surface area (Å²) in [5, 5.41) is 0. The number of hydrogen-bond donors (Lipinski definition) is 0. The molecule has 7 unspecified atom stereocenters. The minimum atomic E-state index is -0.444. The Morgan fingerprint density at radius 1 is 0.628 bits per heavy atom. The molecule has 0 aromatic rings. The van der Waals surface area contributed by atoms with Crippen LogP contribution in [-0.4, -0.2) is 77.1 Å². The van der Waals surface area contributed by atoms with Gasteiger partial charge in [-0.2, -0.15) is 0 Å². The molecule has 5 aliphatic heterocycles. The van der Waals surface area contributed by atoms with Crippen LogP contribution >= 0.6 is 22.6 Å². The van der Waals surface area contributed by atoms with Gasteiger partial charge in [0.05, 0.1) is 58.0 Å². The Morgan fingerprint density at radius 2 is 1.28 bits per heavy atom. The fraction of sp³-hybridized carbons (Fsp3) is 0.886. The largest absolute Gasteiger partial charge is 0.378 e. The molecular formula is C35H55IO7. The van der Waals surface area contributed by atoms with Gasteiger partial charge in [-0.05, 0) is 127 Å². The summed E-state index contributed by atoms with van der Waals surface area (Å²) >= 11 is 2.46. The van der Waals surface area contributed by atoms with Gasteiger partial charge in [-0.1, -0.05) is 19.1 Å². The lowest BCUT2D eigenvalue weighted by Crippen LogP contribution is -2.47. The van der Waals surface area contributed by atoms with Gasteiger partial charge in [-0.25, -0.2) is 0 Å². The Kier molecular flexibility index (Phi) is 12.3. The van der Waals surface area contributed by atoms with E-state index in [0.717, 1.165) is 56.7 Å². The molecule has 43 heavy (non-hydrogen) atoms. The van der Waals surface area contributed by atoms with Gasteiger partial charge < -0.3 is 33.2 Å². The third-order valence-corrected chi connectivity index (χ3v) is 12.0. The van der Waals surface area contributed by atoms with Crippen molar-refractivity contribution in [2.24, 2.45) is 35.5 Å². The van der Waals surface area contributed by atoms with Crippen molar-refractivity contribution >= 4 is 22.6 Å². The first-order valence-electron chi connectivity index (χ1n) is 17.4. The van der Waals surface area contributed by atoms with Crippen LogP contribution in [0.2, 0.25) is 0 Å². The van der Waals surface area contributed by atoms with E-state index in [4.69, 9.17) is 33.2 Å². The van der Waals surface area contributed by atoms with Crippen molar-refractivity contribution in [2.75, 3.05) is 46.2 Å². The van der Waals surface area contributed by atoms with Crippen LogP contribution in [0.1, 0.15) is 84.5 Å². The summed E-state index contributed by atoms with van der Waals surface area (Å²) in [4.78, 5) is 0. The quantitative estimate of drug-likeness (QED) is 0.185. The first-order chi connectivity index (χ1) is 21.0. The second-order valence-corrected chi connectivity index (χ2v) is 15.6. The summed E-state index contributed by atoms with van der Waals surface area (Å²) in [5.41, 5.74) is 1.33. The normalized spacial score (nSPS) is 43.1. The molecule has 7 atom stereocenters. The van der Waals surface area contributed by atoms with Gasteiger partial charge in [0, 0.05) is 24.9 Å². The lowest BCUT2D eigenvalue weighted by Gasteiger charge is -2.39. The minimum Gasteiger partial charge on any atom is -0.378 e. The van der Waals surface area contributed by atoms with Crippen molar-refractivity contribution in [2.45, 2.75) is 115 Å². The van der Waals surface area contributed by atoms with Crippen molar-refractivity contribution in [3.05, 3.63) is 21.3 Å². The van der Waals surface area contributed by atoms with Crippen molar-refractivity contribution in [3.8, 4) is 0 Å². The van der Waals surface area contributed by atoms with Crippen molar-refractivity contribution in [1.82, 2.24) is 0 Å². The maximum Gasteiger partial charge on any atom is 0.209 e. The molecule has 4 saturated heterocycles. The molecule has 1 aliphatic carbocycles. The van der Waals surface area contributed by atoms with Crippen LogP contribution < -0.4 is 0 Å². The van der Waals surface area contributed by atoms with Crippen LogP contribution in [-0.2, 0) is 33.2 Å². The average Bonchev–Trinajstić information content (AvgIpc) is 3.04. The Balaban J connectivity index is 0.805. The van der Waals surface area contributed by atoms with E-state index in [-0.39, 0.29) is 5.92 Å². The van der Waals surface area contributed by atoms with Crippen LogP contribution in [0, 0.1) is 35.5 Å². The Morgan fingerprint density at radius 3 is 1.88 bits per heavy atom. The highest BCUT2D eigenvalue weighted by Crippen LogP contribution is 2.36. The highest BCUT2D eigenvalue weighted by atomic mass is 127. The van der Waals surface area contributed by atoms with Gasteiger partial charge in [-0.15, -0.1) is 0 Å². The minimum absolute atomic E-state index is 0.255. The smallest absolute Gasteiger partial charge is 0.209 e. The number of allylic oxidation sites excluding steroid dienone is 2. The number of hydrogen-bond acceptors (Lipinski definition) is 7. The molecular weight excluding hydrogens is 659 g/mol. The van der Waals surface area contributed by atoms with Crippen LogP contribution in [0.3, 0.4) is 0 Å². The standard InChI is InChI=1S/C35H55IO7/c1-23-3-8-27(9-4-23)28-10-12-31(39-19-28)14-13-30-11-7-25(16-38-30)5-6-26-17-40-34(41-18-26)35-42-20-29(21-43-35)32-22-37-24(2)15-33(32)36/h3,8,23-31,34-35H,4-7,9-22H2,1-2H3. The lowest BCUT2D eigenvalue weighted by atomic mass is 9.78. The number of rotatable bonds is 9. The molecule has 0 radical (unpaired) electrons. The van der Waals surface area contributed by atoms with E-state index in [1.807, 2.05) is 0 Å². The fourth-order valence-electron chi connectivity index (χ4n) is 7.77. The maximum atomic E-state index is 6.34. The molecule has 0 aromatic carbocycles. The summed E-state index contributed by atoms with van der Waals surface area (Å²) in [7, 11) is 0. The molecule has 244 valence electrons. The second kappa shape index (κ2) is 16.2. The van der Waals surface area contributed by atoms with E-state index in [9.17, 15) is 0 Å². The summed E-state index contributed by atoms with van der Waals surface area (Å²) in [6, 6.07) is 0. The molecule has 4 fully saturated rings. The van der Waals surface area contributed by atoms with Gasteiger partial charge >= 0.3 is 0 Å². The number of ether oxygens (including phenoxy) is 7. The molecule has 0 bridgehead atoms. The van der Waals surface area contributed by atoms with Crippen molar-refractivity contribution in [3.63, 3.8) is 0 Å². The zero-order chi connectivity index (χ0) is 29.6. The van der Waals surface area contributed by atoms with Gasteiger partial charge in [0.1, 0.15) is 0 Å². The SMILES string of the molecule is CC1C=CC(C2CCC(CCC3CCC(CCC4COC(C5OCC(C6=C(I)CC(C)OC6)CO5)OC4)CO3)OC2)CC1. The highest BCUT2D eigenvalue weighted by Gasteiger charge is 2.37. The Bertz CT molecular complexity index is 909. The van der Waals surface area contributed by atoms with E-state index >= 15 is 0 Å². The maximum absolute atomic E-state index is 6.34. The van der Waals surface area contributed by atoms with E-state index in [2.05, 4.69) is 48.6 Å². The van der Waals surface area contributed by atoms with Gasteiger partial charge in [-0.3, -0.25) is 0 Å². The van der Waals surface area contributed by atoms with E-state index in [0.29, 0.717) is 63.2 Å². The zero-order valence-electron chi connectivity index (χ0n) is 26.5. The van der Waals surface area contributed by atoms with Crippen LogP contribution in [0.25, 0.3) is 0 Å². The average molecular weight is 715 g/mol. The van der Waals surface area contributed by atoms with E-state index < -0.39 is 12.6 Å². The molecule has 0 spiro atoms. The molecule has 0 N–H and O–H groups in total. The van der Waals surface area contributed by atoms with E-state index in [1.54, 1.807) is 0 Å². The second-order valence-electron chi connectivity index (χ2n) is 14.3. The van der Waals surface area contributed by atoms with E-state index in [1.165, 1.54) is 54.1 Å². The third kappa shape index (κ3) is 9.27. The summed E-state index contributed by atoms with van der Waals surface area (Å²) in [5.74, 6) is 3.56. The predicted molar refractivity (Wildman–Crippen MR) is 174 cm³/mol. The summed E-state index contributed by atoms with van der Waals surface area (Å²) < 4.78 is 44.2. The first kappa shape index (κ1) is 32.9. The van der Waals surface area contributed by atoms with Crippen LogP contribution in [0.15, 0.2) is 21.3 Å². The zero-order valence-corrected chi connectivity index (χ0v) is 28.6. The number of halogens is 1. The molecule has 8 heteroatoms. The van der Waals surface area contributed by atoms with Crippen molar-refractivity contribution < 1.29 is 33.2 Å². The molecule has 6 rings (SSSR count). The Labute approximate surface area is 273 Å². The summed E-state index contributed by atoms with van der Waals surface area (Å²) in [6.07, 6.45) is 18.4. The summed E-state index contributed by atoms with van der Waals surface area (Å²) in [6.45, 7) is 9.66. The first-order valence-corrected chi connectivity index (χ1v) is 18.4. The fourth-order valence-corrected chi connectivity index (χ4v) is 8.99.